The summed E-state index contributed by atoms with van der Waals surface area (Å²) in [6.45, 7) is 4.90. The Morgan fingerprint density at radius 2 is 2.11 bits per heavy atom. The van der Waals surface area contributed by atoms with Crippen molar-refractivity contribution in [3.05, 3.63) is 52.6 Å². The zero-order chi connectivity index (χ0) is 19.7. The average Bonchev–Trinajstić information content (AvgIpc) is 3.04. The first-order chi connectivity index (χ1) is 13.5. The highest BCUT2D eigenvalue weighted by molar-refractivity contribution is 5.97. The molecule has 2 heterocycles. The van der Waals surface area contributed by atoms with Crippen LogP contribution in [-0.4, -0.2) is 24.5 Å². The summed E-state index contributed by atoms with van der Waals surface area (Å²) in [6, 6.07) is 9.35. The van der Waals surface area contributed by atoms with E-state index in [-0.39, 0.29) is 17.9 Å². The number of carbonyl (C=O) groups is 2. The SMILES string of the molecule is CCOc1cc2c(cc1CNC(=O)c1ccc3c(c1)CCC(=O)N3)O[C@@H](C)C2. The van der Waals surface area contributed by atoms with Gasteiger partial charge >= 0.3 is 0 Å². The van der Waals surface area contributed by atoms with Gasteiger partial charge in [0.1, 0.15) is 17.6 Å². The van der Waals surface area contributed by atoms with Crippen molar-refractivity contribution in [1.82, 2.24) is 5.32 Å². The molecular formula is C22H24N2O4. The molecule has 0 bridgehead atoms. The van der Waals surface area contributed by atoms with Crippen molar-refractivity contribution in [1.29, 1.82) is 0 Å². The molecule has 6 heteroatoms. The summed E-state index contributed by atoms with van der Waals surface area (Å²) in [7, 11) is 0. The molecule has 2 aliphatic rings. The van der Waals surface area contributed by atoms with Gasteiger partial charge in [0.05, 0.1) is 6.61 Å². The summed E-state index contributed by atoms with van der Waals surface area (Å²) >= 11 is 0. The molecule has 0 aliphatic carbocycles. The van der Waals surface area contributed by atoms with Crippen molar-refractivity contribution in [2.24, 2.45) is 0 Å². The van der Waals surface area contributed by atoms with E-state index in [9.17, 15) is 9.59 Å². The van der Waals surface area contributed by atoms with E-state index in [0.29, 0.717) is 31.6 Å². The fourth-order valence-corrected chi connectivity index (χ4v) is 3.71. The molecule has 2 aliphatic heterocycles. The number of carbonyl (C=O) groups excluding carboxylic acids is 2. The highest BCUT2D eigenvalue weighted by atomic mass is 16.5. The predicted molar refractivity (Wildman–Crippen MR) is 106 cm³/mol. The molecule has 28 heavy (non-hydrogen) atoms. The quantitative estimate of drug-likeness (QED) is 0.835. The highest BCUT2D eigenvalue weighted by Crippen LogP contribution is 2.35. The van der Waals surface area contributed by atoms with Gasteiger partial charge in [-0.05, 0) is 56.2 Å². The van der Waals surface area contributed by atoms with Gasteiger partial charge in [0.2, 0.25) is 5.91 Å². The van der Waals surface area contributed by atoms with Crippen LogP contribution in [0.25, 0.3) is 0 Å². The molecule has 2 amide bonds. The molecule has 0 unspecified atom stereocenters. The normalized spacial score (nSPS) is 17.2. The molecule has 0 aromatic heterocycles. The van der Waals surface area contributed by atoms with Crippen LogP contribution < -0.4 is 20.1 Å². The molecule has 0 fully saturated rings. The fraction of sp³-hybridized carbons (Fsp3) is 0.364. The van der Waals surface area contributed by atoms with E-state index < -0.39 is 0 Å². The topological polar surface area (TPSA) is 76.7 Å². The number of aryl methyl sites for hydroxylation is 1. The Balaban J connectivity index is 1.49. The second kappa shape index (κ2) is 7.54. The number of amides is 2. The highest BCUT2D eigenvalue weighted by Gasteiger charge is 2.22. The summed E-state index contributed by atoms with van der Waals surface area (Å²) in [5, 5.41) is 5.80. The summed E-state index contributed by atoms with van der Waals surface area (Å²) in [5.41, 5.74) is 4.40. The zero-order valence-corrected chi connectivity index (χ0v) is 16.1. The zero-order valence-electron chi connectivity index (χ0n) is 16.1. The van der Waals surface area contributed by atoms with Crippen molar-refractivity contribution >= 4 is 17.5 Å². The van der Waals surface area contributed by atoms with Crippen LogP contribution in [0, 0.1) is 0 Å². The summed E-state index contributed by atoms with van der Waals surface area (Å²) < 4.78 is 11.6. The van der Waals surface area contributed by atoms with Crippen LogP contribution in [0.4, 0.5) is 5.69 Å². The number of benzene rings is 2. The average molecular weight is 380 g/mol. The summed E-state index contributed by atoms with van der Waals surface area (Å²) in [5.74, 6) is 1.51. The van der Waals surface area contributed by atoms with Crippen LogP contribution in [-0.2, 0) is 24.2 Å². The minimum absolute atomic E-state index is 0.0151. The van der Waals surface area contributed by atoms with E-state index >= 15 is 0 Å². The van der Waals surface area contributed by atoms with Crippen molar-refractivity contribution in [2.75, 3.05) is 11.9 Å². The molecule has 6 nitrogen and oxygen atoms in total. The molecule has 0 radical (unpaired) electrons. The Bertz CT molecular complexity index is 938. The molecule has 4 rings (SSSR count). The Morgan fingerprint density at radius 1 is 1.25 bits per heavy atom. The fourth-order valence-electron chi connectivity index (χ4n) is 3.71. The van der Waals surface area contributed by atoms with E-state index in [0.717, 1.165) is 40.3 Å². The van der Waals surface area contributed by atoms with E-state index in [2.05, 4.69) is 10.6 Å². The van der Waals surface area contributed by atoms with Crippen LogP contribution in [0.1, 0.15) is 47.3 Å². The van der Waals surface area contributed by atoms with Gasteiger partial charge in [0.15, 0.2) is 0 Å². The van der Waals surface area contributed by atoms with Gasteiger partial charge < -0.3 is 20.1 Å². The number of rotatable bonds is 5. The molecule has 2 aromatic rings. The summed E-state index contributed by atoms with van der Waals surface area (Å²) in [4.78, 5) is 24.1. The van der Waals surface area contributed by atoms with Crippen molar-refractivity contribution < 1.29 is 19.1 Å². The lowest BCUT2D eigenvalue weighted by atomic mass is 10.00. The maximum atomic E-state index is 12.7. The number of nitrogens with one attached hydrogen (secondary N) is 2. The number of ether oxygens (including phenoxy) is 2. The van der Waals surface area contributed by atoms with Crippen LogP contribution in [0.15, 0.2) is 30.3 Å². The first-order valence-electron chi connectivity index (χ1n) is 9.69. The van der Waals surface area contributed by atoms with E-state index in [1.165, 1.54) is 0 Å². The largest absolute Gasteiger partial charge is 0.494 e. The molecule has 0 saturated heterocycles. The van der Waals surface area contributed by atoms with E-state index in [1.807, 2.05) is 32.0 Å². The second-order valence-electron chi connectivity index (χ2n) is 7.24. The van der Waals surface area contributed by atoms with E-state index in [1.54, 1.807) is 12.1 Å². The smallest absolute Gasteiger partial charge is 0.251 e. The minimum atomic E-state index is -0.156. The third-order valence-electron chi connectivity index (χ3n) is 5.08. The standard InChI is InChI=1S/C22H24N2O4/c1-3-27-19-10-16-8-13(2)28-20(16)11-17(19)12-23-22(26)15-4-6-18-14(9-15)5-7-21(25)24-18/h4,6,9-11,13H,3,5,7-8,12H2,1-2H3,(H,23,26)(H,24,25)/t13-/m0/s1. The number of anilines is 1. The third kappa shape index (κ3) is 3.67. The van der Waals surface area contributed by atoms with Crippen molar-refractivity contribution in [3.8, 4) is 11.5 Å². The first kappa shape index (κ1) is 18.3. The Kier molecular flexibility index (Phi) is 4.94. The van der Waals surface area contributed by atoms with Crippen molar-refractivity contribution in [2.45, 2.75) is 45.8 Å². The Morgan fingerprint density at radius 3 is 2.93 bits per heavy atom. The lowest BCUT2D eigenvalue weighted by molar-refractivity contribution is -0.116. The van der Waals surface area contributed by atoms with Crippen LogP contribution >= 0.6 is 0 Å². The third-order valence-corrected chi connectivity index (χ3v) is 5.08. The molecule has 146 valence electrons. The van der Waals surface area contributed by atoms with Gasteiger partial charge in [-0.15, -0.1) is 0 Å². The maximum Gasteiger partial charge on any atom is 0.251 e. The van der Waals surface area contributed by atoms with Gasteiger partial charge in [0, 0.05) is 41.8 Å². The second-order valence-corrected chi connectivity index (χ2v) is 7.24. The maximum absolute atomic E-state index is 12.7. The number of fused-ring (bicyclic) bond motifs is 2. The first-order valence-corrected chi connectivity index (χ1v) is 9.69. The van der Waals surface area contributed by atoms with Gasteiger partial charge in [-0.1, -0.05) is 0 Å². The molecule has 0 spiro atoms. The van der Waals surface area contributed by atoms with Gasteiger partial charge in [-0.2, -0.15) is 0 Å². The number of hydrogen-bond donors (Lipinski definition) is 2. The van der Waals surface area contributed by atoms with Gasteiger partial charge in [-0.3, -0.25) is 9.59 Å². The van der Waals surface area contributed by atoms with Crippen molar-refractivity contribution in [3.63, 3.8) is 0 Å². The number of hydrogen-bond acceptors (Lipinski definition) is 4. The van der Waals surface area contributed by atoms with Crippen LogP contribution in [0.3, 0.4) is 0 Å². The van der Waals surface area contributed by atoms with Crippen LogP contribution in [0.5, 0.6) is 11.5 Å². The lowest BCUT2D eigenvalue weighted by Gasteiger charge is -2.17. The minimum Gasteiger partial charge on any atom is -0.494 e. The predicted octanol–water partition coefficient (Wildman–Crippen LogP) is 3.22. The Hall–Kier alpha value is -3.02. The lowest BCUT2D eigenvalue weighted by Crippen LogP contribution is -2.24. The molecule has 2 N–H and O–H groups in total. The monoisotopic (exact) mass is 380 g/mol. The summed E-state index contributed by atoms with van der Waals surface area (Å²) in [6.07, 6.45) is 2.12. The Labute approximate surface area is 164 Å². The van der Waals surface area contributed by atoms with Gasteiger partial charge in [-0.25, -0.2) is 0 Å². The van der Waals surface area contributed by atoms with Crippen LogP contribution in [0.2, 0.25) is 0 Å². The molecule has 1 atom stereocenters. The molecular weight excluding hydrogens is 356 g/mol. The van der Waals surface area contributed by atoms with E-state index in [4.69, 9.17) is 9.47 Å². The van der Waals surface area contributed by atoms with Gasteiger partial charge in [0.25, 0.3) is 5.91 Å². The molecule has 2 aromatic carbocycles. The molecule has 0 saturated carbocycles.